The second-order valence-electron chi connectivity index (χ2n) is 4.66. The zero-order valence-corrected chi connectivity index (χ0v) is 10.6. The van der Waals surface area contributed by atoms with Crippen LogP contribution in [0.15, 0.2) is 47.1 Å². The molecule has 90 valence electrons. The van der Waals surface area contributed by atoms with E-state index in [0.717, 1.165) is 11.4 Å². The highest BCUT2D eigenvalue weighted by atomic mass is 16.3. The number of benzene rings is 1. The van der Waals surface area contributed by atoms with E-state index in [2.05, 4.69) is 50.4 Å². The lowest BCUT2D eigenvalue weighted by molar-refractivity contribution is 0.490. The van der Waals surface area contributed by atoms with Gasteiger partial charge in [0.1, 0.15) is 5.76 Å². The maximum atomic E-state index is 5.38. The molecule has 1 heterocycles. The molecule has 1 aromatic heterocycles. The number of hydrogen-bond donors (Lipinski definition) is 1. The smallest absolute Gasteiger partial charge is 0.125 e. The molecule has 0 spiro atoms. The molecule has 0 fully saturated rings. The van der Waals surface area contributed by atoms with Crippen molar-refractivity contribution in [2.75, 3.05) is 5.32 Å². The summed E-state index contributed by atoms with van der Waals surface area (Å²) in [5.74, 6) is 1.51. The van der Waals surface area contributed by atoms with Crippen LogP contribution >= 0.6 is 0 Å². The topological polar surface area (TPSA) is 25.2 Å². The lowest BCUT2D eigenvalue weighted by atomic mass is 10.0. The number of nitrogens with one attached hydrogen (secondary N) is 1. The Labute approximate surface area is 103 Å². The lowest BCUT2D eigenvalue weighted by Crippen LogP contribution is -2.05. The lowest BCUT2D eigenvalue weighted by Gasteiger charge is -2.14. The zero-order valence-electron chi connectivity index (χ0n) is 10.6. The fourth-order valence-corrected chi connectivity index (χ4v) is 1.85. The van der Waals surface area contributed by atoms with E-state index >= 15 is 0 Å². The van der Waals surface area contributed by atoms with E-state index in [0.29, 0.717) is 5.92 Å². The quantitative estimate of drug-likeness (QED) is 0.830. The Bertz CT molecular complexity index is 460. The predicted molar refractivity (Wildman–Crippen MR) is 71.3 cm³/mol. The normalized spacial score (nSPS) is 12.7. The standard InChI is InChI=1S/C15H19NO/c1-11(2)13-6-4-7-14(10-13)16-12(3)15-8-5-9-17-15/h4-12,16H,1-3H3. The van der Waals surface area contributed by atoms with E-state index in [9.17, 15) is 0 Å². The summed E-state index contributed by atoms with van der Waals surface area (Å²) in [7, 11) is 0. The minimum atomic E-state index is 0.187. The molecule has 0 aliphatic rings. The Balaban J connectivity index is 2.11. The van der Waals surface area contributed by atoms with Gasteiger partial charge in [0.05, 0.1) is 12.3 Å². The van der Waals surface area contributed by atoms with Gasteiger partial charge in [0.2, 0.25) is 0 Å². The second kappa shape index (κ2) is 5.09. The van der Waals surface area contributed by atoms with Crippen molar-refractivity contribution < 1.29 is 4.42 Å². The van der Waals surface area contributed by atoms with Gasteiger partial charge in [-0.2, -0.15) is 0 Å². The van der Waals surface area contributed by atoms with Gasteiger partial charge in [-0.25, -0.2) is 0 Å². The van der Waals surface area contributed by atoms with Crippen molar-refractivity contribution in [3.8, 4) is 0 Å². The number of rotatable bonds is 4. The molecule has 1 unspecified atom stereocenters. The first-order chi connectivity index (χ1) is 8.16. The molecular formula is C15H19NO. The minimum Gasteiger partial charge on any atom is -0.467 e. The first kappa shape index (κ1) is 11.8. The van der Waals surface area contributed by atoms with Gasteiger partial charge in [0.25, 0.3) is 0 Å². The van der Waals surface area contributed by atoms with Gasteiger partial charge in [-0.1, -0.05) is 26.0 Å². The monoisotopic (exact) mass is 229 g/mol. The Morgan fingerprint density at radius 3 is 2.53 bits per heavy atom. The summed E-state index contributed by atoms with van der Waals surface area (Å²) >= 11 is 0. The second-order valence-corrected chi connectivity index (χ2v) is 4.66. The van der Waals surface area contributed by atoms with Gasteiger partial charge >= 0.3 is 0 Å². The van der Waals surface area contributed by atoms with Crippen molar-refractivity contribution in [1.82, 2.24) is 0 Å². The van der Waals surface area contributed by atoms with Gasteiger partial charge in [-0.05, 0) is 42.7 Å². The third-order valence-corrected chi connectivity index (χ3v) is 2.91. The highest BCUT2D eigenvalue weighted by molar-refractivity contribution is 5.47. The zero-order chi connectivity index (χ0) is 12.3. The molecule has 0 saturated carbocycles. The fraction of sp³-hybridized carbons (Fsp3) is 0.333. The van der Waals surface area contributed by atoms with Gasteiger partial charge < -0.3 is 9.73 Å². The fourth-order valence-electron chi connectivity index (χ4n) is 1.85. The molecule has 0 aliphatic heterocycles. The maximum absolute atomic E-state index is 5.38. The molecule has 0 amide bonds. The summed E-state index contributed by atoms with van der Waals surface area (Å²) in [5, 5.41) is 3.45. The van der Waals surface area contributed by atoms with Crippen LogP contribution in [0, 0.1) is 0 Å². The maximum Gasteiger partial charge on any atom is 0.125 e. The largest absolute Gasteiger partial charge is 0.467 e. The van der Waals surface area contributed by atoms with Crippen LogP contribution in [0.2, 0.25) is 0 Å². The van der Waals surface area contributed by atoms with E-state index in [1.165, 1.54) is 5.56 Å². The molecule has 0 aliphatic carbocycles. The molecule has 0 bridgehead atoms. The first-order valence-corrected chi connectivity index (χ1v) is 6.06. The van der Waals surface area contributed by atoms with Crippen LogP contribution in [0.3, 0.4) is 0 Å². The molecule has 0 radical (unpaired) electrons. The van der Waals surface area contributed by atoms with Gasteiger partial charge in [-0.15, -0.1) is 0 Å². The van der Waals surface area contributed by atoms with Crippen LogP contribution in [0.1, 0.15) is 44.1 Å². The average molecular weight is 229 g/mol. The molecule has 2 rings (SSSR count). The highest BCUT2D eigenvalue weighted by Gasteiger charge is 2.08. The third-order valence-electron chi connectivity index (χ3n) is 2.91. The Morgan fingerprint density at radius 2 is 1.88 bits per heavy atom. The van der Waals surface area contributed by atoms with Crippen molar-refractivity contribution in [1.29, 1.82) is 0 Å². The SMILES string of the molecule is CC(C)c1cccc(NC(C)c2ccco2)c1. The third kappa shape index (κ3) is 2.90. The summed E-state index contributed by atoms with van der Waals surface area (Å²) in [6, 6.07) is 12.6. The van der Waals surface area contributed by atoms with Crippen LogP contribution in [-0.4, -0.2) is 0 Å². The number of anilines is 1. The molecule has 17 heavy (non-hydrogen) atoms. The van der Waals surface area contributed by atoms with Crippen molar-refractivity contribution >= 4 is 5.69 Å². The van der Waals surface area contributed by atoms with Crippen molar-refractivity contribution in [3.05, 3.63) is 54.0 Å². The molecule has 1 N–H and O–H groups in total. The molecule has 2 aromatic rings. The van der Waals surface area contributed by atoms with Crippen molar-refractivity contribution in [2.24, 2.45) is 0 Å². The van der Waals surface area contributed by atoms with Crippen molar-refractivity contribution in [3.63, 3.8) is 0 Å². The summed E-state index contributed by atoms with van der Waals surface area (Å²) in [6.07, 6.45) is 1.71. The molecule has 2 nitrogen and oxygen atoms in total. The first-order valence-electron chi connectivity index (χ1n) is 6.06. The molecule has 1 atom stereocenters. The number of hydrogen-bond acceptors (Lipinski definition) is 2. The highest BCUT2D eigenvalue weighted by Crippen LogP contribution is 2.23. The molecule has 1 aromatic carbocycles. The van der Waals surface area contributed by atoms with Gasteiger partial charge in [-0.3, -0.25) is 0 Å². The molecule has 2 heteroatoms. The van der Waals surface area contributed by atoms with Gasteiger partial charge in [0, 0.05) is 5.69 Å². The summed E-state index contributed by atoms with van der Waals surface area (Å²) < 4.78 is 5.38. The average Bonchev–Trinajstić information content (AvgIpc) is 2.82. The van der Waals surface area contributed by atoms with E-state index in [1.807, 2.05) is 12.1 Å². The van der Waals surface area contributed by atoms with E-state index in [4.69, 9.17) is 4.42 Å². The summed E-state index contributed by atoms with van der Waals surface area (Å²) in [5.41, 5.74) is 2.49. The van der Waals surface area contributed by atoms with Crippen molar-refractivity contribution in [2.45, 2.75) is 32.7 Å². The van der Waals surface area contributed by atoms with E-state index in [1.54, 1.807) is 6.26 Å². The number of furan rings is 1. The van der Waals surface area contributed by atoms with Gasteiger partial charge in [0.15, 0.2) is 0 Å². The summed E-state index contributed by atoms with van der Waals surface area (Å²) in [4.78, 5) is 0. The van der Waals surface area contributed by atoms with Crippen LogP contribution in [-0.2, 0) is 0 Å². The molecular weight excluding hydrogens is 210 g/mol. The summed E-state index contributed by atoms with van der Waals surface area (Å²) in [6.45, 7) is 6.50. The Kier molecular flexibility index (Phi) is 3.52. The predicted octanol–water partition coefficient (Wildman–Crippen LogP) is 4.58. The van der Waals surface area contributed by atoms with Crippen LogP contribution in [0.5, 0.6) is 0 Å². The Hall–Kier alpha value is -1.70. The van der Waals surface area contributed by atoms with E-state index < -0.39 is 0 Å². The molecule has 0 saturated heterocycles. The Morgan fingerprint density at radius 1 is 1.06 bits per heavy atom. The van der Waals surface area contributed by atoms with Crippen LogP contribution in [0.25, 0.3) is 0 Å². The van der Waals surface area contributed by atoms with Crippen LogP contribution in [0.4, 0.5) is 5.69 Å². The van der Waals surface area contributed by atoms with Crippen LogP contribution < -0.4 is 5.32 Å². The minimum absolute atomic E-state index is 0.187. The van der Waals surface area contributed by atoms with E-state index in [-0.39, 0.29) is 6.04 Å².